The maximum Gasteiger partial charge on any atom is 0.264 e. The number of rotatable bonds is 14. The molecule has 1 atom stereocenters. The van der Waals surface area contributed by atoms with Crippen molar-refractivity contribution in [2.45, 2.75) is 37.8 Å². The lowest BCUT2D eigenvalue weighted by molar-refractivity contribution is -0.140. The van der Waals surface area contributed by atoms with Crippen LogP contribution in [0.5, 0.6) is 5.75 Å². The Morgan fingerprint density at radius 3 is 2.09 bits per heavy atom. The van der Waals surface area contributed by atoms with Crippen LogP contribution in [0.2, 0.25) is 5.02 Å². The highest BCUT2D eigenvalue weighted by Crippen LogP contribution is 2.27. The minimum atomic E-state index is -4.29. The maximum absolute atomic E-state index is 14.4. The van der Waals surface area contributed by atoms with E-state index in [-0.39, 0.29) is 35.4 Å². The highest BCUT2D eigenvalue weighted by Gasteiger charge is 2.34. The Morgan fingerprint density at radius 1 is 0.870 bits per heavy atom. The van der Waals surface area contributed by atoms with Gasteiger partial charge in [-0.1, -0.05) is 67.9 Å². The van der Waals surface area contributed by atoms with Crippen molar-refractivity contribution in [2.24, 2.45) is 5.92 Å². The Bertz CT molecular complexity index is 1700. The summed E-state index contributed by atoms with van der Waals surface area (Å²) in [4.78, 5) is 29.5. The molecule has 0 saturated carbocycles. The zero-order chi connectivity index (χ0) is 33.3. The van der Waals surface area contributed by atoms with Crippen LogP contribution in [0.3, 0.4) is 0 Å². The molecule has 0 aliphatic rings. The van der Waals surface area contributed by atoms with Crippen molar-refractivity contribution >= 4 is 39.1 Å². The number of sulfonamides is 1. The summed E-state index contributed by atoms with van der Waals surface area (Å²) < 4.78 is 48.2. The summed E-state index contributed by atoms with van der Waals surface area (Å²) in [5.41, 5.74) is 1.59. The van der Waals surface area contributed by atoms with Gasteiger partial charge >= 0.3 is 0 Å². The van der Waals surface area contributed by atoms with Crippen molar-refractivity contribution in [3.8, 4) is 5.75 Å². The largest absolute Gasteiger partial charge is 0.497 e. The molecule has 0 aliphatic carbocycles. The highest BCUT2D eigenvalue weighted by molar-refractivity contribution is 7.92. The van der Waals surface area contributed by atoms with Gasteiger partial charge in [-0.3, -0.25) is 13.9 Å². The maximum atomic E-state index is 14.4. The summed E-state index contributed by atoms with van der Waals surface area (Å²) in [7, 11) is -2.81. The van der Waals surface area contributed by atoms with E-state index in [4.69, 9.17) is 16.3 Å². The van der Waals surface area contributed by atoms with Gasteiger partial charge in [-0.2, -0.15) is 0 Å². The first-order chi connectivity index (χ1) is 22.0. The van der Waals surface area contributed by atoms with Crippen LogP contribution in [0.1, 0.15) is 25.0 Å². The molecular weight excluding hydrogens is 629 g/mol. The van der Waals surface area contributed by atoms with E-state index in [1.54, 1.807) is 0 Å². The van der Waals surface area contributed by atoms with Crippen molar-refractivity contribution in [3.63, 3.8) is 0 Å². The van der Waals surface area contributed by atoms with Gasteiger partial charge in [0.25, 0.3) is 10.0 Å². The van der Waals surface area contributed by atoms with Crippen molar-refractivity contribution in [3.05, 3.63) is 125 Å². The van der Waals surface area contributed by atoms with Crippen LogP contribution in [-0.4, -0.2) is 51.4 Å². The molecule has 2 amide bonds. The third-order valence-corrected chi connectivity index (χ3v) is 9.30. The monoisotopic (exact) mass is 665 g/mol. The minimum absolute atomic E-state index is 0.0587. The quantitative estimate of drug-likeness (QED) is 0.176. The number of hydrogen-bond acceptors (Lipinski definition) is 5. The standard InChI is InChI=1S/C35H37ClFN3O5S/c1-25(2)22-38-35(42)33(21-26-7-5-4-6-8-26)39(23-27-9-13-29(37)14-10-27)34(41)24-40(30-15-11-28(36)12-16-30)46(43,44)32-19-17-31(45-3)18-20-32/h4-20,25,33H,21-24H2,1-3H3,(H,38,42). The molecule has 4 rings (SSSR count). The van der Waals surface area contributed by atoms with Gasteiger partial charge in [-0.25, -0.2) is 12.8 Å². The lowest BCUT2D eigenvalue weighted by Gasteiger charge is -2.34. The fraction of sp³-hybridized carbons (Fsp3) is 0.257. The Kier molecular flexibility index (Phi) is 11.8. The first-order valence-corrected chi connectivity index (χ1v) is 16.6. The number of hydrogen-bond donors (Lipinski definition) is 1. The molecule has 0 bridgehead atoms. The van der Waals surface area contributed by atoms with Crippen LogP contribution in [0.25, 0.3) is 0 Å². The van der Waals surface area contributed by atoms with Crippen molar-refractivity contribution < 1.29 is 27.1 Å². The molecule has 1 N–H and O–H groups in total. The fourth-order valence-electron chi connectivity index (χ4n) is 4.77. The molecule has 0 spiro atoms. The Hall–Kier alpha value is -4.41. The van der Waals surface area contributed by atoms with Gasteiger partial charge < -0.3 is 15.0 Å². The van der Waals surface area contributed by atoms with Gasteiger partial charge in [0.2, 0.25) is 11.8 Å². The number of methoxy groups -OCH3 is 1. The number of benzene rings is 4. The van der Waals surface area contributed by atoms with Crippen molar-refractivity contribution in [1.82, 2.24) is 10.2 Å². The molecule has 0 radical (unpaired) electrons. The third-order valence-electron chi connectivity index (χ3n) is 7.26. The molecule has 4 aromatic rings. The Morgan fingerprint density at radius 2 is 1.50 bits per heavy atom. The molecule has 4 aromatic carbocycles. The zero-order valence-electron chi connectivity index (χ0n) is 25.9. The second-order valence-corrected chi connectivity index (χ2v) is 13.5. The van der Waals surface area contributed by atoms with E-state index in [9.17, 15) is 22.4 Å². The predicted octanol–water partition coefficient (Wildman–Crippen LogP) is 6.10. The van der Waals surface area contributed by atoms with Crippen molar-refractivity contribution in [1.29, 1.82) is 0 Å². The normalized spacial score (nSPS) is 12.0. The van der Waals surface area contributed by atoms with E-state index in [1.165, 1.54) is 84.8 Å². The average Bonchev–Trinajstić information content (AvgIpc) is 3.05. The number of carbonyl (C=O) groups excluding carboxylic acids is 2. The SMILES string of the molecule is COc1ccc(S(=O)(=O)N(CC(=O)N(Cc2ccc(F)cc2)C(Cc2ccccc2)C(=O)NCC(C)C)c2ccc(Cl)cc2)cc1. The Labute approximate surface area is 274 Å². The van der Waals surface area contributed by atoms with Gasteiger partial charge in [0.1, 0.15) is 24.2 Å². The zero-order valence-corrected chi connectivity index (χ0v) is 27.5. The Balaban J connectivity index is 1.79. The number of nitrogens with zero attached hydrogens (tertiary/aromatic N) is 2. The van der Waals surface area contributed by atoms with Gasteiger partial charge in [-0.05, 0) is 77.7 Å². The summed E-state index contributed by atoms with van der Waals surface area (Å²) in [6, 6.07) is 25.8. The smallest absolute Gasteiger partial charge is 0.264 e. The minimum Gasteiger partial charge on any atom is -0.497 e. The first kappa shape index (κ1) is 34.5. The molecule has 0 heterocycles. The van der Waals surface area contributed by atoms with E-state index in [1.807, 2.05) is 44.2 Å². The topological polar surface area (TPSA) is 96.0 Å². The van der Waals surface area contributed by atoms with Crippen LogP contribution in [0.15, 0.2) is 108 Å². The number of nitrogens with one attached hydrogen (secondary N) is 1. The molecule has 1 unspecified atom stereocenters. The number of amides is 2. The van der Waals surface area contributed by atoms with Crippen LogP contribution < -0.4 is 14.4 Å². The summed E-state index contributed by atoms with van der Waals surface area (Å²) in [6.45, 7) is 3.61. The summed E-state index contributed by atoms with van der Waals surface area (Å²) in [5.74, 6) is -0.843. The predicted molar refractivity (Wildman–Crippen MR) is 178 cm³/mol. The van der Waals surface area contributed by atoms with Gasteiger partial charge in [0.15, 0.2) is 0 Å². The number of carbonyl (C=O) groups is 2. The van der Waals surface area contributed by atoms with Crippen molar-refractivity contribution in [2.75, 3.05) is 24.5 Å². The third kappa shape index (κ3) is 9.08. The molecule has 11 heteroatoms. The van der Waals surface area contributed by atoms with Gasteiger partial charge in [-0.15, -0.1) is 0 Å². The van der Waals surface area contributed by atoms with Crippen LogP contribution in [0.4, 0.5) is 10.1 Å². The number of halogens is 2. The molecule has 8 nitrogen and oxygen atoms in total. The molecule has 46 heavy (non-hydrogen) atoms. The van der Waals surface area contributed by atoms with E-state index < -0.39 is 34.3 Å². The van der Waals surface area contributed by atoms with Crippen LogP contribution in [0, 0.1) is 11.7 Å². The fourth-order valence-corrected chi connectivity index (χ4v) is 6.31. The summed E-state index contributed by atoms with van der Waals surface area (Å²) >= 11 is 6.12. The summed E-state index contributed by atoms with van der Waals surface area (Å²) in [5, 5.41) is 3.33. The van der Waals surface area contributed by atoms with E-state index in [0.29, 0.717) is 22.9 Å². The number of ether oxygens (including phenoxy) is 1. The van der Waals surface area contributed by atoms with Crippen LogP contribution >= 0.6 is 11.6 Å². The van der Waals surface area contributed by atoms with Crippen LogP contribution in [-0.2, 0) is 32.6 Å². The first-order valence-electron chi connectivity index (χ1n) is 14.8. The van der Waals surface area contributed by atoms with E-state index >= 15 is 0 Å². The molecule has 0 fully saturated rings. The molecule has 242 valence electrons. The molecule has 0 aliphatic heterocycles. The highest BCUT2D eigenvalue weighted by atomic mass is 35.5. The lowest BCUT2D eigenvalue weighted by Crippen LogP contribution is -2.53. The average molecular weight is 666 g/mol. The number of anilines is 1. The summed E-state index contributed by atoms with van der Waals surface area (Å²) in [6.07, 6.45) is 0.171. The van der Waals surface area contributed by atoms with E-state index in [0.717, 1.165) is 9.87 Å². The molecule has 0 saturated heterocycles. The lowest BCUT2D eigenvalue weighted by atomic mass is 10.0. The molecular formula is C35H37ClFN3O5S. The second-order valence-electron chi connectivity index (χ2n) is 11.2. The second kappa shape index (κ2) is 15.7. The van der Waals surface area contributed by atoms with Gasteiger partial charge in [0, 0.05) is 24.5 Å². The molecule has 0 aromatic heterocycles. The van der Waals surface area contributed by atoms with E-state index in [2.05, 4.69) is 5.32 Å². The van der Waals surface area contributed by atoms with Gasteiger partial charge in [0.05, 0.1) is 17.7 Å².